The molecule has 1 aliphatic heterocycles. The first-order chi connectivity index (χ1) is 19.0. The van der Waals surface area contributed by atoms with Gasteiger partial charge in [-0.3, -0.25) is 9.69 Å². The van der Waals surface area contributed by atoms with Crippen LogP contribution in [0.25, 0.3) is 10.2 Å². The van der Waals surface area contributed by atoms with Gasteiger partial charge in [-0.15, -0.1) is 11.3 Å². The van der Waals surface area contributed by atoms with Crippen molar-refractivity contribution in [2.45, 2.75) is 19.5 Å². The lowest BCUT2D eigenvalue weighted by Crippen LogP contribution is -2.34. The average Bonchev–Trinajstić information content (AvgIpc) is 3.33. The molecule has 0 saturated heterocycles. The highest BCUT2D eigenvalue weighted by Gasteiger charge is 2.25. The molecule has 1 amide bonds. The number of fused-ring (bicyclic) bond motifs is 3. The third kappa shape index (κ3) is 6.62. The molecule has 0 aliphatic carbocycles. The molecule has 0 radical (unpaired) electrons. The van der Waals surface area contributed by atoms with Gasteiger partial charge in [-0.2, -0.15) is 0 Å². The fraction of sp³-hybridized carbons (Fsp3) is 0.276. The van der Waals surface area contributed by atoms with E-state index in [0.29, 0.717) is 44.2 Å². The molecule has 5 rings (SSSR count). The van der Waals surface area contributed by atoms with Crippen LogP contribution < -0.4 is 5.32 Å². The van der Waals surface area contributed by atoms with Crippen molar-refractivity contribution in [2.24, 2.45) is 0 Å². The van der Waals surface area contributed by atoms with Gasteiger partial charge < -0.3 is 15.0 Å². The van der Waals surface area contributed by atoms with Crippen molar-refractivity contribution < 1.29 is 13.9 Å². The van der Waals surface area contributed by atoms with Crippen LogP contribution in [0.3, 0.4) is 0 Å². The Balaban J connectivity index is 1.26. The van der Waals surface area contributed by atoms with Gasteiger partial charge in [0.25, 0.3) is 0 Å². The number of benzene rings is 2. The number of aromatic nitrogens is 2. The minimum Gasteiger partial charge on any atom is -0.383 e. The van der Waals surface area contributed by atoms with Crippen LogP contribution in [0.1, 0.15) is 16.0 Å². The number of carbonyl (C=O) groups is 1. The summed E-state index contributed by atoms with van der Waals surface area (Å²) in [5.74, 6) is 0.171. The van der Waals surface area contributed by atoms with Crippen LogP contribution in [0.5, 0.6) is 0 Å². The largest absolute Gasteiger partial charge is 0.383 e. The lowest BCUT2D eigenvalue weighted by atomic mass is 10.0. The second-order valence-electron chi connectivity index (χ2n) is 9.29. The molecule has 4 aromatic rings. The summed E-state index contributed by atoms with van der Waals surface area (Å²) in [6.45, 7) is 3.99. The average molecular weight is 566 g/mol. The van der Waals surface area contributed by atoms with E-state index in [2.05, 4.69) is 32.3 Å². The molecule has 0 spiro atoms. The molecule has 0 fully saturated rings. The van der Waals surface area contributed by atoms with Crippen molar-refractivity contribution >= 4 is 50.6 Å². The molecule has 0 unspecified atom stereocenters. The number of nitrogens with zero attached hydrogens (tertiary/aromatic N) is 4. The third-order valence-electron chi connectivity index (χ3n) is 6.62. The summed E-state index contributed by atoms with van der Waals surface area (Å²) in [4.78, 5) is 28.0. The van der Waals surface area contributed by atoms with E-state index >= 15 is 0 Å². The van der Waals surface area contributed by atoms with E-state index in [-0.39, 0.29) is 10.9 Å². The maximum atomic E-state index is 13.6. The summed E-state index contributed by atoms with van der Waals surface area (Å²) in [6, 6.07) is 14.8. The SMILES string of the molecule is COCCN(C/C=C/C(=O)N1CCc2c(sc3ncnc(Nc4ccc(F)c(Cl)c4)c23)C1)Cc1ccccc1. The lowest BCUT2D eigenvalue weighted by Gasteiger charge is -2.26. The zero-order valence-corrected chi connectivity index (χ0v) is 23.1. The maximum absolute atomic E-state index is 13.6. The van der Waals surface area contributed by atoms with E-state index < -0.39 is 5.82 Å². The second kappa shape index (κ2) is 12.7. The van der Waals surface area contributed by atoms with Gasteiger partial charge in [-0.1, -0.05) is 48.0 Å². The molecule has 3 heterocycles. The third-order valence-corrected chi connectivity index (χ3v) is 8.03. The Kier molecular flexibility index (Phi) is 8.83. The van der Waals surface area contributed by atoms with E-state index in [1.54, 1.807) is 30.6 Å². The monoisotopic (exact) mass is 565 g/mol. The lowest BCUT2D eigenvalue weighted by molar-refractivity contribution is -0.126. The fourth-order valence-corrected chi connectivity index (χ4v) is 6.01. The summed E-state index contributed by atoms with van der Waals surface area (Å²) in [5.41, 5.74) is 3.01. The van der Waals surface area contributed by atoms with Gasteiger partial charge in [0.05, 0.1) is 23.6 Å². The van der Waals surface area contributed by atoms with E-state index in [4.69, 9.17) is 16.3 Å². The number of nitrogens with one attached hydrogen (secondary N) is 1. The Labute approximate surface area is 235 Å². The molecular formula is C29H29ClFN5O2S. The molecule has 2 aromatic carbocycles. The Morgan fingerprint density at radius 3 is 2.90 bits per heavy atom. The van der Waals surface area contributed by atoms with Crippen molar-refractivity contribution in [2.75, 3.05) is 38.7 Å². The first-order valence-corrected chi connectivity index (χ1v) is 13.9. The van der Waals surface area contributed by atoms with Gasteiger partial charge in [0.1, 0.15) is 22.8 Å². The van der Waals surface area contributed by atoms with Crippen LogP contribution in [0, 0.1) is 5.82 Å². The Morgan fingerprint density at radius 1 is 1.26 bits per heavy atom. The number of ether oxygens (including phenoxy) is 1. The highest BCUT2D eigenvalue weighted by molar-refractivity contribution is 7.19. The minimum atomic E-state index is -0.472. The summed E-state index contributed by atoms with van der Waals surface area (Å²) in [5, 5.41) is 4.24. The normalized spacial score (nSPS) is 13.4. The summed E-state index contributed by atoms with van der Waals surface area (Å²) < 4.78 is 18.9. The number of hydrogen-bond donors (Lipinski definition) is 1. The number of methoxy groups -OCH3 is 1. The van der Waals surface area contributed by atoms with Crippen molar-refractivity contribution in [3.05, 3.63) is 93.9 Å². The standard InChI is InChI=1S/C29H29ClFN5O2S/c1-38-15-14-35(17-20-6-3-2-4-7-20)12-5-8-26(37)36-13-11-22-25(18-36)39-29-27(22)28(32-19-33-29)34-21-9-10-24(31)23(30)16-21/h2-10,16,19H,11-15,17-18H2,1H3,(H,32,33,34)/b8-5+. The molecule has 7 nitrogen and oxygen atoms in total. The molecule has 1 N–H and O–H groups in total. The van der Waals surface area contributed by atoms with Crippen LogP contribution >= 0.6 is 22.9 Å². The number of anilines is 2. The van der Waals surface area contributed by atoms with E-state index in [1.165, 1.54) is 24.0 Å². The van der Waals surface area contributed by atoms with E-state index in [1.807, 2.05) is 29.2 Å². The van der Waals surface area contributed by atoms with E-state index in [9.17, 15) is 9.18 Å². The van der Waals surface area contributed by atoms with Crippen molar-refractivity contribution in [3.8, 4) is 0 Å². The topological polar surface area (TPSA) is 70.6 Å². The van der Waals surface area contributed by atoms with Crippen LogP contribution in [-0.2, 0) is 29.0 Å². The zero-order valence-electron chi connectivity index (χ0n) is 21.6. The molecule has 0 atom stereocenters. The van der Waals surface area contributed by atoms with Gasteiger partial charge >= 0.3 is 0 Å². The highest BCUT2D eigenvalue weighted by Crippen LogP contribution is 2.38. The molecule has 2 aromatic heterocycles. The quantitative estimate of drug-likeness (QED) is 0.244. The second-order valence-corrected chi connectivity index (χ2v) is 10.8. The number of halogens is 2. The van der Waals surface area contributed by atoms with Gasteiger partial charge in [-0.25, -0.2) is 14.4 Å². The Hall–Kier alpha value is -3.37. The number of thiophene rings is 1. The number of rotatable bonds is 10. The number of carbonyl (C=O) groups excluding carboxylic acids is 1. The van der Waals surface area contributed by atoms with E-state index in [0.717, 1.165) is 33.7 Å². The minimum absolute atomic E-state index is 0.00473. The predicted molar refractivity (Wildman–Crippen MR) is 154 cm³/mol. The molecular weight excluding hydrogens is 537 g/mol. The van der Waals surface area contributed by atoms with Crippen molar-refractivity contribution in [3.63, 3.8) is 0 Å². The van der Waals surface area contributed by atoms with Gasteiger partial charge in [0.2, 0.25) is 5.91 Å². The molecule has 10 heteroatoms. The molecule has 0 saturated carbocycles. The van der Waals surface area contributed by atoms with Crippen molar-refractivity contribution in [1.82, 2.24) is 19.8 Å². The smallest absolute Gasteiger partial charge is 0.246 e. The Morgan fingerprint density at radius 2 is 2.10 bits per heavy atom. The number of hydrogen-bond acceptors (Lipinski definition) is 7. The molecule has 1 aliphatic rings. The molecule has 202 valence electrons. The Bertz CT molecular complexity index is 1480. The van der Waals surface area contributed by atoms with Crippen LogP contribution in [-0.4, -0.2) is 59.0 Å². The summed E-state index contributed by atoms with van der Waals surface area (Å²) in [7, 11) is 1.70. The van der Waals surface area contributed by atoms with Crippen molar-refractivity contribution in [1.29, 1.82) is 0 Å². The predicted octanol–water partition coefficient (Wildman–Crippen LogP) is 5.82. The first kappa shape index (κ1) is 27.2. The number of amides is 1. The maximum Gasteiger partial charge on any atom is 0.246 e. The van der Waals surface area contributed by atoms with Crippen LogP contribution in [0.4, 0.5) is 15.9 Å². The van der Waals surface area contributed by atoms with Gasteiger partial charge in [-0.05, 0) is 35.7 Å². The molecule has 39 heavy (non-hydrogen) atoms. The first-order valence-electron chi connectivity index (χ1n) is 12.7. The van der Waals surface area contributed by atoms with Crippen LogP contribution in [0.2, 0.25) is 5.02 Å². The molecule has 0 bridgehead atoms. The zero-order chi connectivity index (χ0) is 27.2. The highest BCUT2D eigenvalue weighted by atomic mass is 35.5. The summed E-state index contributed by atoms with van der Waals surface area (Å²) in [6.07, 6.45) is 5.82. The summed E-state index contributed by atoms with van der Waals surface area (Å²) >= 11 is 7.53. The fourth-order valence-electron chi connectivity index (χ4n) is 4.63. The van der Waals surface area contributed by atoms with Gasteiger partial charge in [0, 0.05) is 49.9 Å². The van der Waals surface area contributed by atoms with Gasteiger partial charge in [0.15, 0.2) is 0 Å². The van der Waals surface area contributed by atoms with Crippen LogP contribution in [0.15, 0.2) is 67.0 Å².